The summed E-state index contributed by atoms with van der Waals surface area (Å²) in [6, 6.07) is 17.6. The number of aromatic nitrogens is 1. The van der Waals surface area contributed by atoms with Crippen LogP contribution in [0.1, 0.15) is 4.88 Å². The Morgan fingerprint density at radius 1 is 1.08 bits per heavy atom. The highest BCUT2D eigenvalue weighted by molar-refractivity contribution is 7.26. The Morgan fingerprint density at radius 3 is 2.56 bits per heavy atom. The number of thiazole rings is 1. The smallest absolute Gasteiger partial charge is 0.308 e. The normalized spacial score (nSPS) is 11.1. The van der Waals surface area contributed by atoms with Crippen molar-refractivity contribution in [3.05, 3.63) is 64.5 Å². The van der Waals surface area contributed by atoms with E-state index in [9.17, 15) is 9.90 Å². The van der Waals surface area contributed by atoms with Gasteiger partial charge in [0, 0.05) is 20.2 Å². The molecule has 6 heteroatoms. The Bertz CT molecular complexity index is 1030. The van der Waals surface area contributed by atoms with Gasteiger partial charge < -0.3 is 5.11 Å². The van der Waals surface area contributed by atoms with E-state index in [1.165, 1.54) is 21.4 Å². The Hall–Kier alpha value is -2.21. The Labute approximate surface area is 157 Å². The molecule has 0 spiro atoms. The Morgan fingerprint density at radius 2 is 1.84 bits per heavy atom. The molecule has 0 saturated heterocycles. The summed E-state index contributed by atoms with van der Waals surface area (Å²) in [7, 11) is 0. The number of rotatable bonds is 4. The van der Waals surface area contributed by atoms with Crippen molar-refractivity contribution in [2.75, 3.05) is 0 Å². The van der Waals surface area contributed by atoms with Crippen LogP contribution in [0.4, 0.5) is 0 Å². The number of carboxylic acid groups (broad SMARTS) is 1. The quantitative estimate of drug-likeness (QED) is 0.470. The van der Waals surface area contributed by atoms with E-state index in [1.54, 1.807) is 23.5 Å². The fourth-order valence-corrected chi connectivity index (χ4v) is 4.94. The highest BCUT2D eigenvalue weighted by Crippen LogP contribution is 2.39. The minimum absolute atomic E-state index is 0.0411. The van der Waals surface area contributed by atoms with Gasteiger partial charge >= 0.3 is 5.97 Å². The van der Waals surface area contributed by atoms with E-state index >= 15 is 0 Å². The van der Waals surface area contributed by atoms with Crippen LogP contribution in [0.2, 0.25) is 5.02 Å². The fraction of sp³-hybridized carbons (Fsp3) is 0.0526. The minimum Gasteiger partial charge on any atom is -0.481 e. The van der Waals surface area contributed by atoms with Crippen molar-refractivity contribution in [3.8, 4) is 21.1 Å². The molecular formula is C19H12ClNO2S2. The minimum atomic E-state index is -0.859. The van der Waals surface area contributed by atoms with Crippen molar-refractivity contribution in [3.63, 3.8) is 0 Å². The molecule has 2 heterocycles. The van der Waals surface area contributed by atoms with E-state index in [2.05, 4.69) is 18.2 Å². The topological polar surface area (TPSA) is 50.2 Å². The van der Waals surface area contributed by atoms with Crippen LogP contribution in [0, 0.1) is 0 Å². The van der Waals surface area contributed by atoms with Crippen molar-refractivity contribution in [1.29, 1.82) is 0 Å². The highest BCUT2D eigenvalue weighted by Gasteiger charge is 2.18. The Balaban J connectivity index is 1.83. The molecule has 0 radical (unpaired) electrons. The molecule has 0 atom stereocenters. The lowest BCUT2D eigenvalue weighted by Crippen LogP contribution is -1.99. The first kappa shape index (κ1) is 16.3. The summed E-state index contributed by atoms with van der Waals surface area (Å²) in [6.45, 7) is 0. The van der Waals surface area contributed by atoms with Gasteiger partial charge in [0.2, 0.25) is 0 Å². The van der Waals surface area contributed by atoms with Crippen LogP contribution in [0.5, 0.6) is 0 Å². The monoisotopic (exact) mass is 385 g/mol. The van der Waals surface area contributed by atoms with E-state index in [-0.39, 0.29) is 6.42 Å². The molecule has 0 fully saturated rings. The van der Waals surface area contributed by atoms with Crippen molar-refractivity contribution in [2.45, 2.75) is 6.42 Å². The van der Waals surface area contributed by atoms with Crippen molar-refractivity contribution in [1.82, 2.24) is 4.98 Å². The molecule has 0 bridgehead atoms. The summed E-state index contributed by atoms with van der Waals surface area (Å²) in [6.07, 6.45) is -0.0411. The zero-order chi connectivity index (χ0) is 17.4. The average Bonchev–Trinajstić information content (AvgIpc) is 3.19. The third-order valence-electron chi connectivity index (χ3n) is 3.76. The average molecular weight is 386 g/mol. The number of thiophene rings is 1. The predicted molar refractivity (Wildman–Crippen MR) is 105 cm³/mol. The first-order valence-corrected chi connectivity index (χ1v) is 9.57. The summed E-state index contributed by atoms with van der Waals surface area (Å²) in [5.74, 6) is -0.859. The van der Waals surface area contributed by atoms with Gasteiger partial charge in [0.15, 0.2) is 0 Å². The lowest BCUT2D eigenvalue weighted by atomic mass is 10.1. The maximum Gasteiger partial charge on any atom is 0.308 e. The summed E-state index contributed by atoms with van der Waals surface area (Å²) < 4.78 is 1.19. The fourth-order valence-electron chi connectivity index (χ4n) is 2.63. The number of aliphatic carboxylic acids is 1. The molecule has 4 aromatic rings. The molecule has 0 aliphatic carbocycles. The van der Waals surface area contributed by atoms with Crippen molar-refractivity contribution < 1.29 is 9.90 Å². The first-order valence-electron chi connectivity index (χ1n) is 7.56. The van der Waals surface area contributed by atoms with Gasteiger partial charge in [-0.3, -0.25) is 4.79 Å². The number of fused-ring (bicyclic) bond motifs is 1. The third kappa shape index (κ3) is 3.31. The maximum atomic E-state index is 11.3. The number of benzene rings is 2. The molecule has 0 aliphatic heterocycles. The number of hydrogen-bond acceptors (Lipinski definition) is 4. The highest BCUT2D eigenvalue weighted by atomic mass is 35.5. The van der Waals surface area contributed by atoms with Crippen molar-refractivity contribution >= 4 is 50.3 Å². The molecule has 1 N–H and O–H groups in total. The largest absolute Gasteiger partial charge is 0.481 e. The van der Waals surface area contributed by atoms with Crippen LogP contribution in [0.3, 0.4) is 0 Å². The molecule has 0 saturated carbocycles. The van der Waals surface area contributed by atoms with Gasteiger partial charge in [-0.2, -0.15) is 0 Å². The molecular weight excluding hydrogens is 374 g/mol. The van der Waals surface area contributed by atoms with E-state index in [1.807, 2.05) is 24.3 Å². The van der Waals surface area contributed by atoms with Crippen LogP contribution >= 0.6 is 34.3 Å². The van der Waals surface area contributed by atoms with Crippen LogP contribution in [0.15, 0.2) is 54.6 Å². The molecule has 0 unspecified atom stereocenters. The van der Waals surface area contributed by atoms with Gasteiger partial charge in [-0.1, -0.05) is 41.9 Å². The summed E-state index contributed by atoms with van der Waals surface area (Å²) in [5, 5.41) is 11.9. The number of nitrogens with zero attached hydrogens (tertiary/aromatic N) is 1. The van der Waals surface area contributed by atoms with Gasteiger partial charge in [0.05, 0.1) is 17.0 Å². The van der Waals surface area contributed by atoms with Crippen LogP contribution in [-0.4, -0.2) is 16.1 Å². The first-order chi connectivity index (χ1) is 12.1. The van der Waals surface area contributed by atoms with Gasteiger partial charge in [0.1, 0.15) is 5.01 Å². The van der Waals surface area contributed by atoms with Gasteiger partial charge in [-0.25, -0.2) is 4.98 Å². The summed E-state index contributed by atoms with van der Waals surface area (Å²) in [5.41, 5.74) is 1.60. The molecule has 25 heavy (non-hydrogen) atoms. The Kier molecular flexibility index (Phi) is 4.29. The zero-order valence-electron chi connectivity index (χ0n) is 12.9. The standard InChI is InChI=1S/C19H12ClNO2S2/c20-13-7-5-11(6-8-13)18-15(10-17(22)23)25-19(21-18)16-9-12-3-1-2-4-14(12)24-16/h1-9H,10H2,(H,22,23). The molecule has 4 rings (SSSR count). The number of halogens is 1. The molecule has 2 aromatic carbocycles. The maximum absolute atomic E-state index is 11.3. The lowest BCUT2D eigenvalue weighted by Gasteiger charge is -2.00. The van der Waals surface area contributed by atoms with Crippen LogP contribution in [0.25, 0.3) is 31.2 Å². The second kappa shape index (κ2) is 6.59. The SMILES string of the molecule is O=C(O)Cc1sc(-c2cc3ccccc3s2)nc1-c1ccc(Cl)cc1. The molecule has 2 aromatic heterocycles. The van der Waals surface area contributed by atoms with Crippen molar-refractivity contribution in [2.24, 2.45) is 0 Å². The molecule has 0 amide bonds. The second-order valence-corrected chi connectivity index (χ2v) is 8.12. The summed E-state index contributed by atoms with van der Waals surface area (Å²) >= 11 is 9.07. The molecule has 3 nitrogen and oxygen atoms in total. The number of carbonyl (C=O) groups is 1. The summed E-state index contributed by atoms with van der Waals surface area (Å²) in [4.78, 5) is 17.8. The van der Waals surface area contributed by atoms with Crippen LogP contribution < -0.4 is 0 Å². The van der Waals surface area contributed by atoms with Gasteiger partial charge in [-0.05, 0) is 29.7 Å². The molecule has 0 aliphatic rings. The predicted octanol–water partition coefficient (Wildman–Crippen LogP) is 5.97. The zero-order valence-corrected chi connectivity index (χ0v) is 15.3. The van der Waals surface area contributed by atoms with E-state index < -0.39 is 5.97 Å². The van der Waals surface area contributed by atoms with Gasteiger partial charge in [-0.15, -0.1) is 22.7 Å². The van der Waals surface area contributed by atoms with E-state index in [0.29, 0.717) is 5.02 Å². The van der Waals surface area contributed by atoms with Gasteiger partial charge in [0.25, 0.3) is 0 Å². The molecule has 124 valence electrons. The van der Waals surface area contributed by atoms with Crippen LogP contribution in [-0.2, 0) is 11.2 Å². The second-order valence-electron chi connectivity index (χ2n) is 5.52. The lowest BCUT2D eigenvalue weighted by molar-refractivity contribution is -0.136. The van der Waals surface area contributed by atoms with E-state index in [0.717, 1.165) is 26.0 Å². The number of carboxylic acids is 1. The third-order valence-corrected chi connectivity index (χ3v) is 6.36. The number of hydrogen-bond donors (Lipinski definition) is 1. The van der Waals surface area contributed by atoms with E-state index in [4.69, 9.17) is 16.6 Å².